The summed E-state index contributed by atoms with van der Waals surface area (Å²) >= 11 is 0. The first kappa shape index (κ1) is 15.2. The highest BCUT2D eigenvalue weighted by molar-refractivity contribution is 4.91. The monoisotopic (exact) mass is 251 g/mol. The summed E-state index contributed by atoms with van der Waals surface area (Å²) in [4.78, 5) is 4.36. The first-order valence-corrected chi connectivity index (χ1v) is 7.18. The van der Waals surface area contributed by atoms with E-state index < -0.39 is 0 Å². The van der Waals surface area contributed by atoms with E-state index in [2.05, 4.69) is 49.6 Å². The molecule has 0 atom stereocenters. The van der Waals surface area contributed by atoms with Crippen LogP contribution in [0.15, 0.2) is 12.4 Å². The second-order valence-corrected chi connectivity index (χ2v) is 6.11. The van der Waals surface area contributed by atoms with Crippen LogP contribution in [0.25, 0.3) is 0 Å². The van der Waals surface area contributed by atoms with Crippen molar-refractivity contribution < 1.29 is 0 Å². The number of rotatable bonds is 8. The van der Waals surface area contributed by atoms with Crippen LogP contribution >= 0.6 is 0 Å². The van der Waals surface area contributed by atoms with E-state index in [0.717, 1.165) is 30.6 Å². The smallest absolute Gasteiger partial charge is 0.109 e. The van der Waals surface area contributed by atoms with Crippen molar-refractivity contribution in [1.29, 1.82) is 0 Å². The Bertz CT molecular complexity index is 318. The zero-order valence-electron chi connectivity index (χ0n) is 12.6. The fraction of sp³-hybridized carbons (Fsp3) is 0.800. The molecule has 0 saturated heterocycles. The Balaban J connectivity index is 2.34. The first-order valence-electron chi connectivity index (χ1n) is 7.18. The lowest BCUT2D eigenvalue weighted by atomic mass is 9.95. The van der Waals surface area contributed by atoms with E-state index in [1.54, 1.807) is 0 Å². The lowest BCUT2D eigenvalue weighted by Crippen LogP contribution is -2.33. The molecule has 18 heavy (non-hydrogen) atoms. The van der Waals surface area contributed by atoms with E-state index in [0.29, 0.717) is 6.04 Å². The van der Waals surface area contributed by atoms with Crippen molar-refractivity contribution in [2.24, 2.45) is 18.9 Å². The molecule has 0 saturated carbocycles. The van der Waals surface area contributed by atoms with Gasteiger partial charge in [0.2, 0.25) is 0 Å². The standard InChI is InChI=1S/C15H29N3/c1-12(2)10-14(11-13(3)4)16-7-6-15-17-8-9-18(15)5/h8-9,12-14,16H,6-7,10-11H2,1-5H3. The van der Waals surface area contributed by atoms with Crippen LogP contribution in [-0.4, -0.2) is 22.1 Å². The van der Waals surface area contributed by atoms with Crippen LogP contribution < -0.4 is 5.32 Å². The fourth-order valence-corrected chi connectivity index (χ4v) is 2.43. The molecule has 0 unspecified atom stereocenters. The van der Waals surface area contributed by atoms with Crippen molar-refractivity contribution in [2.45, 2.75) is 53.0 Å². The minimum absolute atomic E-state index is 0.644. The van der Waals surface area contributed by atoms with E-state index in [4.69, 9.17) is 0 Å². The molecule has 1 heterocycles. The lowest BCUT2D eigenvalue weighted by molar-refractivity contribution is 0.360. The van der Waals surface area contributed by atoms with Crippen LogP contribution in [0.4, 0.5) is 0 Å². The third kappa shape index (κ3) is 5.67. The summed E-state index contributed by atoms with van der Waals surface area (Å²) in [5.74, 6) is 2.68. The van der Waals surface area contributed by atoms with Crippen molar-refractivity contribution in [2.75, 3.05) is 6.54 Å². The second-order valence-electron chi connectivity index (χ2n) is 6.11. The van der Waals surface area contributed by atoms with Crippen molar-refractivity contribution in [3.8, 4) is 0 Å². The van der Waals surface area contributed by atoms with Crippen LogP contribution in [0.5, 0.6) is 0 Å². The van der Waals surface area contributed by atoms with Crippen LogP contribution in [0, 0.1) is 11.8 Å². The van der Waals surface area contributed by atoms with Gasteiger partial charge in [-0.2, -0.15) is 0 Å². The number of aryl methyl sites for hydroxylation is 1. The van der Waals surface area contributed by atoms with Crippen molar-refractivity contribution in [1.82, 2.24) is 14.9 Å². The molecule has 1 aromatic rings. The number of hydrogen-bond donors (Lipinski definition) is 1. The lowest BCUT2D eigenvalue weighted by Gasteiger charge is -2.22. The van der Waals surface area contributed by atoms with Gasteiger partial charge in [0.25, 0.3) is 0 Å². The molecule has 1 rings (SSSR count). The predicted octanol–water partition coefficient (Wildman–Crippen LogP) is 3.01. The Morgan fingerprint density at radius 1 is 1.17 bits per heavy atom. The largest absolute Gasteiger partial charge is 0.338 e. The number of nitrogens with one attached hydrogen (secondary N) is 1. The maximum absolute atomic E-state index is 4.36. The Hall–Kier alpha value is -0.830. The van der Waals surface area contributed by atoms with Gasteiger partial charge >= 0.3 is 0 Å². The van der Waals surface area contributed by atoms with Gasteiger partial charge in [-0.25, -0.2) is 4.98 Å². The van der Waals surface area contributed by atoms with Gasteiger partial charge in [-0.3, -0.25) is 0 Å². The fourth-order valence-electron chi connectivity index (χ4n) is 2.43. The average Bonchev–Trinajstić information content (AvgIpc) is 2.62. The van der Waals surface area contributed by atoms with Gasteiger partial charge in [0, 0.05) is 38.4 Å². The van der Waals surface area contributed by atoms with E-state index >= 15 is 0 Å². The summed E-state index contributed by atoms with van der Waals surface area (Å²) in [7, 11) is 2.06. The normalized spacial score (nSPS) is 12.0. The number of nitrogens with zero attached hydrogens (tertiary/aromatic N) is 2. The summed E-state index contributed by atoms with van der Waals surface area (Å²) in [5.41, 5.74) is 0. The number of aromatic nitrogens is 2. The zero-order valence-corrected chi connectivity index (χ0v) is 12.6. The van der Waals surface area contributed by atoms with E-state index in [1.807, 2.05) is 12.4 Å². The minimum Gasteiger partial charge on any atom is -0.338 e. The Labute approximate surface area is 112 Å². The molecule has 1 aromatic heterocycles. The third-order valence-electron chi connectivity index (χ3n) is 3.21. The Morgan fingerprint density at radius 2 is 1.78 bits per heavy atom. The van der Waals surface area contributed by atoms with Gasteiger partial charge in [0.05, 0.1) is 0 Å². The molecule has 104 valence electrons. The SMILES string of the molecule is CC(C)CC(CC(C)C)NCCc1nccn1C. The highest BCUT2D eigenvalue weighted by Gasteiger charge is 2.12. The number of imidazole rings is 1. The molecular formula is C15H29N3. The summed E-state index contributed by atoms with van der Waals surface area (Å²) in [6, 6.07) is 0.644. The Morgan fingerprint density at radius 3 is 2.22 bits per heavy atom. The molecule has 1 N–H and O–H groups in total. The Kier molecular flexibility index (Phi) is 6.41. The van der Waals surface area contributed by atoms with Gasteiger partial charge in [0.15, 0.2) is 0 Å². The van der Waals surface area contributed by atoms with Gasteiger partial charge in [-0.15, -0.1) is 0 Å². The average molecular weight is 251 g/mol. The number of hydrogen-bond acceptors (Lipinski definition) is 2. The summed E-state index contributed by atoms with van der Waals surface area (Å²) < 4.78 is 2.10. The molecular weight excluding hydrogens is 222 g/mol. The van der Waals surface area contributed by atoms with E-state index in [-0.39, 0.29) is 0 Å². The molecule has 3 nitrogen and oxygen atoms in total. The van der Waals surface area contributed by atoms with Gasteiger partial charge < -0.3 is 9.88 Å². The topological polar surface area (TPSA) is 29.9 Å². The maximum atomic E-state index is 4.36. The predicted molar refractivity (Wildman–Crippen MR) is 77.6 cm³/mol. The van der Waals surface area contributed by atoms with Crippen molar-refractivity contribution in [3.05, 3.63) is 18.2 Å². The second kappa shape index (κ2) is 7.57. The molecule has 0 aliphatic heterocycles. The highest BCUT2D eigenvalue weighted by atomic mass is 15.0. The summed E-state index contributed by atoms with van der Waals surface area (Å²) in [5, 5.41) is 3.69. The van der Waals surface area contributed by atoms with E-state index in [9.17, 15) is 0 Å². The molecule has 0 aliphatic carbocycles. The van der Waals surface area contributed by atoms with Crippen molar-refractivity contribution >= 4 is 0 Å². The van der Waals surface area contributed by atoms with Crippen LogP contribution in [0.1, 0.15) is 46.4 Å². The van der Waals surface area contributed by atoms with Crippen LogP contribution in [0.3, 0.4) is 0 Å². The highest BCUT2D eigenvalue weighted by Crippen LogP contribution is 2.13. The first-order chi connectivity index (χ1) is 8.49. The quantitative estimate of drug-likeness (QED) is 0.769. The maximum Gasteiger partial charge on any atom is 0.109 e. The van der Waals surface area contributed by atoms with Gasteiger partial charge in [-0.1, -0.05) is 27.7 Å². The minimum atomic E-state index is 0.644. The molecule has 0 aliphatic rings. The summed E-state index contributed by atoms with van der Waals surface area (Å²) in [6.45, 7) is 10.2. The third-order valence-corrected chi connectivity index (χ3v) is 3.21. The molecule has 0 fully saturated rings. The van der Waals surface area contributed by atoms with Crippen molar-refractivity contribution in [3.63, 3.8) is 0 Å². The molecule has 0 spiro atoms. The zero-order chi connectivity index (χ0) is 13.5. The molecule has 0 bridgehead atoms. The molecule has 0 aromatic carbocycles. The van der Waals surface area contributed by atoms with Gasteiger partial charge in [0.1, 0.15) is 5.82 Å². The van der Waals surface area contributed by atoms with E-state index in [1.165, 1.54) is 12.8 Å². The van der Waals surface area contributed by atoms with Crippen LogP contribution in [-0.2, 0) is 13.5 Å². The molecule has 3 heteroatoms. The van der Waals surface area contributed by atoms with Gasteiger partial charge in [-0.05, 0) is 24.7 Å². The molecule has 0 amide bonds. The molecule has 0 radical (unpaired) electrons. The summed E-state index contributed by atoms with van der Waals surface area (Å²) in [6.07, 6.45) is 7.41. The van der Waals surface area contributed by atoms with Crippen LogP contribution in [0.2, 0.25) is 0 Å².